The van der Waals surface area contributed by atoms with Crippen LogP contribution >= 0.6 is 0 Å². The van der Waals surface area contributed by atoms with E-state index < -0.39 is 44.8 Å². The number of halogens is 6. The molecule has 0 atom stereocenters. The Morgan fingerprint density at radius 2 is 1.38 bits per heavy atom. The normalized spacial score (nSPS) is 13.2. The largest absolute Gasteiger partial charge is 0.416 e. The molecular weight excluding hydrogens is 456 g/mol. The van der Waals surface area contributed by atoms with Crippen LogP contribution in [0.4, 0.5) is 32.0 Å². The minimum Gasteiger partial charge on any atom is -0.279 e. The quantitative estimate of drug-likeness (QED) is 0.453. The van der Waals surface area contributed by atoms with Gasteiger partial charge in [-0.25, -0.2) is 8.42 Å². The molecule has 0 amide bonds. The first-order valence-corrected chi connectivity index (χ1v) is 11.3. The second kappa shape index (κ2) is 8.61. The Morgan fingerprint density at radius 1 is 0.812 bits per heavy atom. The highest BCUT2D eigenvalue weighted by atomic mass is 32.2. The maximum atomic E-state index is 13.4. The first-order valence-electron chi connectivity index (χ1n) is 9.82. The molecule has 0 aliphatic carbocycles. The molecule has 0 radical (unpaired) electrons. The van der Waals surface area contributed by atoms with Crippen molar-refractivity contribution in [1.29, 1.82) is 0 Å². The van der Waals surface area contributed by atoms with Crippen molar-refractivity contribution in [3.05, 3.63) is 57.6 Å². The van der Waals surface area contributed by atoms with Gasteiger partial charge in [0, 0.05) is 0 Å². The number of aryl methyl sites for hydroxylation is 1. The summed E-state index contributed by atoms with van der Waals surface area (Å²) < 4.78 is 108. The third kappa shape index (κ3) is 5.39. The lowest BCUT2D eigenvalue weighted by atomic mass is 9.93. The number of nitrogens with one attached hydrogen (secondary N) is 1. The summed E-state index contributed by atoms with van der Waals surface area (Å²) in [5.74, 6) is -0.164. The molecule has 0 aromatic heterocycles. The Kier molecular flexibility index (Phi) is 7.00. The van der Waals surface area contributed by atoms with Crippen molar-refractivity contribution in [2.75, 3.05) is 4.72 Å². The summed E-state index contributed by atoms with van der Waals surface area (Å²) >= 11 is 0. The van der Waals surface area contributed by atoms with Crippen molar-refractivity contribution in [1.82, 2.24) is 0 Å². The SMILES string of the molecule is Cc1cc(C(C)C)cc(C(C)C)c1S(=O)(=O)Nc1cc(C(F)(F)F)cc(C(F)(F)F)c1C. The fraction of sp³-hybridized carbons (Fsp3) is 0.455. The monoisotopic (exact) mass is 481 g/mol. The summed E-state index contributed by atoms with van der Waals surface area (Å²) in [5.41, 5.74) is -2.90. The average Bonchev–Trinajstić information content (AvgIpc) is 2.60. The zero-order valence-electron chi connectivity index (χ0n) is 18.5. The van der Waals surface area contributed by atoms with E-state index in [4.69, 9.17) is 0 Å². The molecule has 2 aromatic rings. The minimum absolute atomic E-state index is 0.0185. The number of alkyl halides is 6. The van der Waals surface area contributed by atoms with Crippen LogP contribution in [-0.4, -0.2) is 8.42 Å². The maximum absolute atomic E-state index is 13.4. The van der Waals surface area contributed by atoms with Crippen molar-refractivity contribution in [2.24, 2.45) is 0 Å². The third-order valence-corrected chi connectivity index (χ3v) is 6.75. The molecule has 0 fully saturated rings. The summed E-state index contributed by atoms with van der Waals surface area (Å²) in [4.78, 5) is -0.151. The average molecular weight is 482 g/mol. The second-order valence-corrected chi connectivity index (χ2v) is 9.98. The molecule has 0 bridgehead atoms. The van der Waals surface area contributed by atoms with E-state index in [0.29, 0.717) is 17.2 Å². The van der Waals surface area contributed by atoms with Crippen LogP contribution in [-0.2, 0) is 22.4 Å². The van der Waals surface area contributed by atoms with Crippen LogP contribution in [0.15, 0.2) is 29.2 Å². The summed E-state index contributed by atoms with van der Waals surface area (Å²) in [7, 11) is -4.49. The molecular formula is C22H25F6NO2S. The van der Waals surface area contributed by atoms with Gasteiger partial charge in [-0.3, -0.25) is 4.72 Å². The molecule has 2 rings (SSSR count). The highest BCUT2D eigenvalue weighted by molar-refractivity contribution is 7.92. The van der Waals surface area contributed by atoms with E-state index in [1.165, 1.54) is 0 Å². The molecule has 178 valence electrons. The van der Waals surface area contributed by atoms with Crippen molar-refractivity contribution in [3.63, 3.8) is 0 Å². The third-order valence-electron chi connectivity index (χ3n) is 5.17. The van der Waals surface area contributed by atoms with Gasteiger partial charge in [-0.15, -0.1) is 0 Å². The fourth-order valence-electron chi connectivity index (χ4n) is 3.43. The summed E-state index contributed by atoms with van der Waals surface area (Å²) in [6, 6.07) is 3.73. The zero-order chi connectivity index (χ0) is 24.8. The number of sulfonamides is 1. The molecule has 0 saturated heterocycles. The van der Waals surface area contributed by atoms with Crippen molar-refractivity contribution in [2.45, 2.75) is 70.6 Å². The van der Waals surface area contributed by atoms with E-state index in [9.17, 15) is 34.8 Å². The van der Waals surface area contributed by atoms with Gasteiger partial charge in [0.05, 0.1) is 21.7 Å². The van der Waals surface area contributed by atoms with Gasteiger partial charge < -0.3 is 0 Å². The molecule has 2 aromatic carbocycles. The minimum atomic E-state index is -5.09. The van der Waals surface area contributed by atoms with Crippen LogP contribution in [0, 0.1) is 13.8 Å². The lowest BCUT2D eigenvalue weighted by Crippen LogP contribution is -2.20. The molecule has 0 aliphatic heterocycles. The van der Waals surface area contributed by atoms with E-state index in [1.54, 1.807) is 32.9 Å². The molecule has 0 unspecified atom stereocenters. The Hall–Kier alpha value is -2.23. The van der Waals surface area contributed by atoms with E-state index in [1.807, 2.05) is 18.6 Å². The number of anilines is 1. The number of rotatable bonds is 5. The van der Waals surface area contributed by atoms with Crippen LogP contribution in [0.5, 0.6) is 0 Å². The van der Waals surface area contributed by atoms with Crippen LogP contribution in [0.2, 0.25) is 0 Å². The van der Waals surface area contributed by atoms with Crippen LogP contribution in [0.25, 0.3) is 0 Å². The van der Waals surface area contributed by atoms with Crippen LogP contribution in [0.1, 0.15) is 72.9 Å². The highest BCUT2D eigenvalue weighted by Crippen LogP contribution is 2.41. The van der Waals surface area contributed by atoms with Crippen LogP contribution < -0.4 is 4.72 Å². The second-order valence-electron chi connectivity index (χ2n) is 8.36. The lowest BCUT2D eigenvalue weighted by molar-refractivity contribution is -0.143. The molecule has 0 saturated carbocycles. The molecule has 1 N–H and O–H groups in total. The predicted molar refractivity (Wildman–Crippen MR) is 111 cm³/mol. The number of hydrogen-bond donors (Lipinski definition) is 1. The highest BCUT2D eigenvalue weighted by Gasteiger charge is 2.39. The number of hydrogen-bond acceptors (Lipinski definition) is 2. The number of benzene rings is 2. The van der Waals surface area contributed by atoms with Gasteiger partial charge in [-0.05, 0) is 60.1 Å². The van der Waals surface area contributed by atoms with Gasteiger partial charge in [0.2, 0.25) is 0 Å². The van der Waals surface area contributed by atoms with Crippen molar-refractivity contribution >= 4 is 15.7 Å². The van der Waals surface area contributed by atoms with E-state index in [0.717, 1.165) is 12.5 Å². The first-order chi connectivity index (χ1) is 14.4. The van der Waals surface area contributed by atoms with Crippen molar-refractivity contribution < 1.29 is 34.8 Å². The molecule has 0 aliphatic rings. The smallest absolute Gasteiger partial charge is 0.279 e. The molecule has 0 heterocycles. The Labute approximate surface area is 183 Å². The Bertz CT molecular complexity index is 1120. The molecule has 32 heavy (non-hydrogen) atoms. The lowest BCUT2D eigenvalue weighted by Gasteiger charge is -2.22. The van der Waals surface area contributed by atoms with Gasteiger partial charge in [0.25, 0.3) is 10.0 Å². The summed E-state index contributed by atoms with van der Waals surface area (Å²) in [6.07, 6.45) is -10.2. The van der Waals surface area contributed by atoms with Gasteiger partial charge >= 0.3 is 12.4 Å². The van der Waals surface area contributed by atoms with E-state index >= 15 is 0 Å². The van der Waals surface area contributed by atoms with Gasteiger partial charge in [-0.2, -0.15) is 26.3 Å². The van der Waals surface area contributed by atoms with Crippen LogP contribution in [0.3, 0.4) is 0 Å². The van der Waals surface area contributed by atoms with E-state index in [2.05, 4.69) is 0 Å². The summed E-state index contributed by atoms with van der Waals surface area (Å²) in [6.45, 7) is 9.85. The maximum Gasteiger partial charge on any atom is 0.416 e. The summed E-state index contributed by atoms with van der Waals surface area (Å²) in [5, 5.41) is 0. The zero-order valence-corrected chi connectivity index (χ0v) is 19.3. The fourth-order valence-corrected chi connectivity index (χ4v) is 5.12. The standard InChI is InChI=1S/C22H25F6NO2S/c1-11(2)15-7-13(5)20(17(8-15)12(3)4)32(30,31)29-19-10-16(21(23,24)25)9-18(14(19)6)22(26,27)28/h7-12,29H,1-6H3. The first kappa shape index (κ1) is 26.0. The van der Waals surface area contributed by atoms with E-state index in [-0.39, 0.29) is 22.8 Å². The molecule has 10 heteroatoms. The Morgan fingerprint density at radius 3 is 1.81 bits per heavy atom. The Balaban J connectivity index is 2.75. The van der Waals surface area contributed by atoms with Gasteiger partial charge in [0.1, 0.15) is 0 Å². The molecule has 0 spiro atoms. The van der Waals surface area contributed by atoms with Crippen molar-refractivity contribution in [3.8, 4) is 0 Å². The topological polar surface area (TPSA) is 46.2 Å². The van der Waals surface area contributed by atoms with Gasteiger partial charge in [-0.1, -0.05) is 39.8 Å². The van der Waals surface area contributed by atoms with Gasteiger partial charge in [0.15, 0.2) is 0 Å². The molecule has 3 nitrogen and oxygen atoms in total. The predicted octanol–water partition coefficient (Wildman–Crippen LogP) is 7.39.